The lowest BCUT2D eigenvalue weighted by atomic mass is 10.1. The van der Waals surface area contributed by atoms with Gasteiger partial charge in [0.05, 0.1) is 0 Å². The Morgan fingerprint density at radius 3 is 1.90 bits per heavy atom. The zero-order valence-corrected chi connectivity index (χ0v) is 6.22. The number of nitrogens with zero attached hydrogens (tertiary/aromatic N) is 1. The number of aliphatic hydroxyl groups is 1. The first-order valence-corrected chi connectivity index (χ1v) is 3.20. The molecule has 1 saturated heterocycles. The van der Waals surface area contributed by atoms with Gasteiger partial charge in [-0.15, -0.1) is 0 Å². The van der Waals surface area contributed by atoms with Gasteiger partial charge in [-0.05, 0) is 26.9 Å². The van der Waals surface area contributed by atoms with Gasteiger partial charge in [0.25, 0.3) is 0 Å². The summed E-state index contributed by atoms with van der Waals surface area (Å²) in [5.74, 6) is 0. The Morgan fingerprint density at radius 1 is 1.60 bits per heavy atom. The molecule has 0 aromatic heterocycles. The summed E-state index contributed by atoms with van der Waals surface area (Å²) in [6.07, 6.45) is 1.40. The first-order chi connectivity index (χ1) is 4.54. The van der Waals surface area contributed by atoms with Gasteiger partial charge in [0.1, 0.15) is 0 Å². The third kappa shape index (κ3) is 4.64. The molecule has 1 aliphatic heterocycles. The monoisotopic (exact) mass is 153 g/mol. The first kappa shape index (κ1) is 9.78. The van der Waals surface area contributed by atoms with E-state index in [1.807, 2.05) is 0 Å². The number of hydrogen-bond acceptors (Lipinski definition) is 2. The molecule has 0 amide bonds. The molecule has 1 fully saturated rings. The number of rotatable bonds is 0. The van der Waals surface area contributed by atoms with Crippen LogP contribution in [0.5, 0.6) is 0 Å². The molecule has 2 nitrogen and oxygen atoms in total. The minimum Gasteiger partial charge on any atom is -0.339 e. The van der Waals surface area contributed by atoms with Crippen molar-refractivity contribution in [2.24, 2.45) is 0 Å². The average molecular weight is 153 g/mol. The van der Waals surface area contributed by atoms with E-state index in [-0.39, 0.29) is 0 Å². The summed E-state index contributed by atoms with van der Waals surface area (Å²) >= 11 is 0. The molecule has 0 spiro atoms. The second-order valence-electron chi connectivity index (χ2n) is 2.40. The summed E-state index contributed by atoms with van der Waals surface area (Å²) in [5.41, 5.74) is 0. The van der Waals surface area contributed by atoms with Crippen LogP contribution in [0, 0.1) is 0 Å². The van der Waals surface area contributed by atoms with Crippen molar-refractivity contribution in [3.05, 3.63) is 0 Å². The number of likely N-dealkylation sites (tertiary alicyclic amines) is 1. The minimum atomic E-state index is -3.17. The van der Waals surface area contributed by atoms with Crippen LogP contribution in [0.4, 0.5) is 8.78 Å². The third-order valence-corrected chi connectivity index (χ3v) is 1.65. The summed E-state index contributed by atoms with van der Waals surface area (Å²) < 4.78 is 19.8. The van der Waals surface area contributed by atoms with Gasteiger partial charge < -0.3 is 10.0 Å². The number of hydrogen-bond donors (Lipinski definition) is 1. The van der Waals surface area contributed by atoms with Gasteiger partial charge in [-0.3, -0.25) is 0 Å². The van der Waals surface area contributed by atoms with E-state index >= 15 is 0 Å². The van der Waals surface area contributed by atoms with Gasteiger partial charge in [0.2, 0.25) is 0 Å². The van der Waals surface area contributed by atoms with Gasteiger partial charge in [-0.25, -0.2) is 0 Å². The number of halogens is 2. The Balaban J connectivity index is 0.000000180. The SMILES string of the molecule is CC1CCN1C.OC(F)F. The van der Waals surface area contributed by atoms with Crippen molar-refractivity contribution in [3.63, 3.8) is 0 Å². The molecular weight excluding hydrogens is 140 g/mol. The van der Waals surface area contributed by atoms with Gasteiger partial charge in [-0.1, -0.05) is 0 Å². The molecule has 0 aromatic rings. The smallest absolute Gasteiger partial charge is 0.339 e. The van der Waals surface area contributed by atoms with Crippen LogP contribution in [0.1, 0.15) is 13.3 Å². The van der Waals surface area contributed by atoms with Crippen molar-refractivity contribution < 1.29 is 13.9 Å². The summed E-state index contributed by atoms with van der Waals surface area (Å²) in [7, 11) is 2.16. The van der Waals surface area contributed by atoms with E-state index in [9.17, 15) is 8.78 Å². The van der Waals surface area contributed by atoms with Crippen molar-refractivity contribution in [1.82, 2.24) is 4.90 Å². The molecule has 0 saturated carbocycles. The van der Waals surface area contributed by atoms with Crippen LogP contribution in [0.25, 0.3) is 0 Å². The first-order valence-electron chi connectivity index (χ1n) is 3.20. The standard InChI is InChI=1S/C5H11N.CH2F2O/c1-5-3-4-6(5)2;2-1(3)4/h5H,3-4H2,1-2H3;1,4H. The van der Waals surface area contributed by atoms with Crippen molar-refractivity contribution in [2.45, 2.75) is 26.0 Å². The van der Waals surface area contributed by atoms with E-state index in [1.54, 1.807) is 0 Å². The molecule has 62 valence electrons. The van der Waals surface area contributed by atoms with Crippen molar-refractivity contribution in [2.75, 3.05) is 13.6 Å². The highest BCUT2D eigenvalue weighted by Gasteiger charge is 2.17. The molecule has 4 heteroatoms. The topological polar surface area (TPSA) is 23.5 Å². The molecule has 1 aliphatic rings. The number of aliphatic hydroxyl groups excluding tert-OH is 1. The van der Waals surface area contributed by atoms with E-state index in [0.29, 0.717) is 0 Å². The highest BCUT2D eigenvalue weighted by molar-refractivity contribution is 4.73. The molecular formula is C6H13F2NO. The lowest BCUT2D eigenvalue weighted by Gasteiger charge is -2.34. The maximum atomic E-state index is 9.89. The molecule has 0 bridgehead atoms. The van der Waals surface area contributed by atoms with Crippen LogP contribution < -0.4 is 0 Å². The third-order valence-electron chi connectivity index (χ3n) is 1.65. The van der Waals surface area contributed by atoms with Crippen LogP contribution in [-0.4, -0.2) is 36.3 Å². The Morgan fingerprint density at radius 2 is 1.90 bits per heavy atom. The fraction of sp³-hybridized carbons (Fsp3) is 1.00. The van der Waals surface area contributed by atoms with E-state index in [1.165, 1.54) is 13.0 Å². The van der Waals surface area contributed by atoms with E-state index < -0.39 is 6.61 Å². The molecule has 1 unspecified atom stereocenters. The lowest BCUT2D eigenvalue weighted by Crippen LogP contribution is -2.41. The summed E-state index contributed by atoms with van der Waals surface area (Å²) in [4.78, 5) is 2.35. The largest absolute Gasteiger partial charge is 0.342 e. The van der Waals surface area contributed by atoms with Crippen LogP contribution >= 0.6 is 0 Å². The van der Waals surface area contributed by atoms with Crippen molar-refractivity contribution >= 4 is 0 Å². The van der Waals surface area contributed by atoms with Gasteiger partial charge in [0.15, 0.2) is 0 Å². The zero-order chi connectivity index (χ0) is 8.15. The van der Waals surface area contributed by atoms with Crippen molar-refractivity contribution in [1.29, 1.82) is 0 Å². The van der Waals surface area contributed by atoms with Gasteiger partial charge >= 0.3 is 6.61 Å². The van der Waals surface area contributed by atoms with Crippen molar-refractivity contribution in [3.8, 4) is 0 Å². The molecule has 0 aromatic carbocycles. The van der Waals surface area contributed by atoms with E-state index in [2.05, 4.69) is 18.9 Å². The summed E-state index contributed by atoms with van der Waals surface area (Å²) in [6, 6.07) is 0.866. The molecule has 1 N–H and O–H groups in total. The molecule has 0 radical (unpaired) electrons. The predicted molar refractivity (Wildman–Crippen MR) is 34.9 cm³/mol. The van der Waals surface area contributed by atoms with Crippen LogP contribution in [0.3, 0.4) is 0 Å². The quantitative estimate of drug-likeness (QED) is 0.559. The zero-order valence-electron chi connectivity index (χ0n) is 6.22. The van der Waals surface area contributed by atoms with Gasteiger partial charge in [0, 0.05) is 6.04 Å². The van der Waals surface area contributed by atoms with E-state index in [4.69, 9.17) is 5.11 Å². The second kappa shape index (κ2) is 4.57. The van der Waals surface area contributed by atoms with Gasteiger partial charge in [-0.2, -0.15) is 8.78 Å². The number of alkyl halides is 2. The predicted octanol–water partition coefficient (Wildman–Crippen LogP) is 0.912. The van der Waals surface area contributed by atoms with Crippen LogP contribution in [0.15, 0.2) is 0 Å². The Hall–Kier alpha value is -0.220. The maximum Gasteiger partial charge on any atom is 0.342 e. The Labute approximate surface area is 59.4 Å². The molecule has 1 heterocycles. The van der Waals surface area contributed by atoms with Crippen LogP contribution in [-0.2, 0) is 0 Å². The molecule has 1 atom stereocenters. The Kier molecular flexibility index (Phi) is 4.47. The lowest BCUT2D eigenvalue weighted by molar-refractivity contribution is -0.0728. The summed E-state index contributed by atoms with van der Waals surface area (Å²) in [6.45, 7) is 0.394. The fourth-order valence-electron chi connectivity index (χ4n) is 0.645. The minimum absolute atomic E-state index is 0.866. The second-order valence-corrected chi connectivity index (χ2v) is 2.40. The normalized spacial score (nSPS) is 25.2. The van der Waals surface area contributed by atoms with Crippen LogP contribution in [0.2, 0.25) is 0 Å². The molecule has 0 aliphatic carbocycles. The highest BCUT2D eigenvalue weighted by atomic mass is 19.3. The molecule has 1 rings (SSSR count). The van der Waals surface area contributed by atoms with E-state index in [0.717, 1.165) is 6.04 Å². The molecule has 10 heavy (non-hydrogen) atoms. The fourth-order valence-corrected chi connectivity index (χ4v) is 0.645. The maximum absolute atomic E-state index is 9.89. The highest BCUT2D eigenvalue weighted by Crippen LogP contribution is 2.11. The average Bonchev–Trinajstić information content (AvgIpc) is 1.83. The summed E-state index contributed by atoms with van der Waals surface area (Å²) in [5, 5.41) is 6.72. The Bertz CT molecular complexity index is 79.1.